The first kappa shape index (κ1) is 20.2. The lowest BCUT2D eigenvalue weighted by molar-refractivity contribution is -0.189. The predicted molar refractivity (Wildman–Crippen MR) is 104 cm³/mol. The minimum absolute atomic E-state index is 0.0416. The van der Waals surface area contributed by atoms with E-state index in [2.05, 4.69) is 13.8 Å². The predicted octanol–water partition coefficient (Wildman–Crippen LogP) is 2.27. The molecule has 4 aliphatic rings. The number of fused-ring (bicyclic) bond motifs is 5. The summed E-state index contributed by atoms with van der Waals surface area (Å²) in [7, 11) is 0. The van der Waals surface area contributed by atoms with Gasteiger partial charge < -0.3 is 15.3 Å². The zero-order valence-corrected chi connectivity index (χ0v) is 17.4. The lowest BCUT2D eigenvalue weighted by atomic mass is 9.44. The molecule has 3 N–H and O–H groups in total. The standard InChI is InChI=1S/C23H34O5/c1-12-7-15-17-8-13(2)23(28,19(27)11-24)22(17,4)10-18(26)20(15)21(3)6-5-14(25)9-16(12)21/h9,12-13,15,17-18,20,24,26,28H,5-8,10-11H2,1-4H3/t12-,13+,15-,17-,18-,20+,21-,22-,23-/m0/s1. The number of aliphatic hydroxyl groups excluding tert-OH is 2. The summed E-state index contributed by atoms with van der Waals surface area (Å²) in [5.41, 5.74) is -1.36. The Hall–Kier alpha value is -1.04. The number of aliphatic hydroxyl groups is 3. The molecular formula is C23H34O5. The third-order valence-electron chi connectivity index (χ3n) is 9.36. The Morgan fingerprint density at radius 2 is 1.93 bits per heavy atom. The van der Waals surface area contributed by atoms with Crippen LogP contribution in [-0.4, -0.2) is 45.2 Å². The van der Waals surface area contributed by atoms with Crippen molar-refractivity contribution in [2.45, 2.75) is 71.5 Å². The Morgan fingerprint density at radius 3 is 2.57 bits per heavy atom. The van der Waals surface area contributed by atoms with Gasteiger partial charge in [-0.05, 0) is 66.8 Å². The summed E-state index contributed by atoms with van der Waals surface area (Å²) < 4.78 is 0. The van der Waals surface area contributed by atoms with Gasteiger partial charge in [0.25, 0.3) is 0 Å². The molecule has 0 amide bonds. The van der Waals surface area contributed by atoms with E-state index in [1.54, 1.807) is 0 Å². The molecule has 28 heavy (non-hydrogen) atoms. The summed E-state index contributed by atoms with van der Waals surface area (Å²) in [6.45, 7) is 7.54. The Morgan fingerprint density at radius 1 is 1.25 bits per heavy atom. The SMILES string of the molecule is C[C@@H]1C[C@H]2[C@@H]3C[C@H](C)C4=CC(=O)CC[C@]4(C)[C@H]3[C@@H](O)C[C@]2(C)[C@@]1(O)C(=O)CO. The minimum Gasteiger partial charge on any atom is -0.393 e. The first-order chi connectivity index (χ1) is 13.0. The van der Waals surface area contributed by atoms with E-state index >= 15 is 0 Å². The van der Waals surface area contributed by atoms with Crippen molar-refractivity contribution in [1.82, 2.24) is 0 Å². The van der Waals surface area contributed by atoms with Gasteiger partial charge in [-0.1, -0.05) is 33.3 Å². The van der Waals surface area contributed by atoms with Crippen molar-refractivity contribution >= 4 is 11.6 Å². The fourth-order valence-electron chi connectivity index (χ4n) is 8.17. The molecule has 0 aromatic rings. The zero-order valence-electron chi connectivity index (χ0n) is 17.4. The normalized spacial score (nSPS) is 53.1. The Kier molecular flexibility index (Phi) is 4.50. The molecule has 0 unspecified atom stereocenters. The highest BCUT2D eigenvalue weighted by Crippen LogP contribution is 2.69. The second-order valence-electron chi connectivity index (χ2n) is 10.6. The Balaban J connectivity index is 1.80. The molecule has 0 radical (unpaired) electrons. The van der Waals surface area contributed by atoms with Crippen molar-refractivity contribution in [3.8, 4) is 0 Å². The van der Waals surface area contributed by atoms with Crippen molar-refractivity contribution < 1.29 is 24.9 Å². The highest BCUT2D eigenvalue weighted by molar-refractivity contribution is 5.92. The quantitative estimate of drug-likeness (QED) is 0.672. The van der Waals surface area contributed by atoms with E-state index in [4.69, 9.17) is 0 Å². The van der Waals surface area contributed by atoms with Crippen LogP contribution in [0.4, 0.5) is 0 Å². The van der Waals surface area contributed by atoms with E-state index < -0.39 is 29.5 Å². The summed E-state index contributed by atoms with van der Waals surface area (Å²) in [5, 5.41) is 32.4. The van der Waals surface area contributed by atoms with E-state index in [-0.39, 0.29) is 40.8 Å². The number of Topliss-reactive ketones (excluding diaryl/α,β-unsaturated/α-hetero) is 1. The third-order valence-corrected chi connectivity index (χ3v) is 9.36. The lowest BCUT2D eigenvalue weighted by Gasteiger charge is -2.61. The summed E-state index contributed by atoms with van der Waals surface area (Å²) >= 11 is 0. The molecule has 3 saturated carbocycles. The summed E-state index contributed by atoms with van der Waals surface area (Å²) in [6, 6.07) is 0. The Labute approximate surface area is 167 Å². The second kappa shape index (κ2) is 6.23. The Bertz CT molecular complexity index is 743. The topological polar surface area (TPSA) is 94.8 Å². The van der Waals surface area contributed by atoms with Crippen molar-refractivity contribution in [2.75, 3.05) is 6.61 Å². The summed E-state index contributed by atoms with van der Waals surface area (Å²) in [4.78, 5) is 24.7. The monoisotopic (exact) mass is 390 g/mol. The molecule has 156 valence electrons. The van der Waals surface area contributed by atoms with E-state index in [0.717, 1.165) is 19.3 Å². The summed E-state index contributed by atoms with van der Waals surface area (Å²) in [6.07, 6.45) is 4.43. The number of hydrogen-bond acceptors (Lipinski definition) is 5. The maximum Gasteiger partial charge on any atom is 0.190 e. The smallest absolute Gasteiger partial charge is 0.190 e. The molecule has 9 atom stereocenters. The first-order valence-electron chi connectivity index (χ1n) is 10.8. The van der Waals surface area contributed by atoms with Crippen LogP contribution in [0.1, 0.15) is 59.8 Å². The molecule has 0 aromatic carbocycles. The van der Waals surface area contributed by atoms with Gasteiger partial charge in [-0.2, -0.15) is 0 Å². The molecule has 0 aliphatic heterocycles. The number of allylic oxidation sites excluding steroid dienone is 1. The average Bonchev–Trinajstić information content (AvgIpc) is 2.83. The van der Waals surface area contributed by atoms with Crippen LogP contribution in [0.2, 0.25) is 0 Å². The van der Waals surface area contributed by atoms with Gasteiger partial charge in [0.1, 0.15) is 12.2 Å². The number of rotatable bonds is 2. The van der Waals surface area contributed by atoms with Gasteiger partial charge in [0.2, 0.25) is 0 Å². The summed E-state index contributed by atoms with van der Waals surface area (Å²) in [5.74, 6) is 0.0281. The van der Waals surface area contributed by atoms with Crippen molar-refractivity contribution in [2.24, 2.45) is 40.4 Å². The molecule has 3 fully saturated rings. The van der Waals surface area contributed by atoms with Crippen LogP contribution < -0.4 is 0 Å². The van der Waals surface area contributed by atoms with E-state index in [9.17, 15) is 24.9 Å². The first-order valence-corrected chi connectivity index (χ1v) is 10.8. The van der Waals surface area contributed by atoms with Crippen LogP contribution >= 0.6 is 0 Å². The van der Waals surface area contributed by atoms with Crippen LogP contribution in [0.15, 0.2) is 11.6 Å². The second-order valence-corrected chi connectivity index (χ2v) is 10.6. The van der Waals surface area contributed by atoms with Crippen LogP contribution in [0.5, 0.6) is 0 Å². The molecule has 0 saturated heterocycles. The molecule has 0 bridgehead atoms. The molecule has 4 rings (SSSR count). The van der Waals surface area contributed by atoms with Gasteiger partial charge in [0, 0.05) is 11.8 Å². The van der Waals surface area contributed by atoms with Crippen molar-refractivity contribution in [1.29, 1.82) is 0 Å². The van der Waals surface area contributed by atoms with Gasteiger partial charge in [-0.3, -0.25) is 9.59 Å². The molecule has 4 aliphatic carbocycles. The number of carbonyl (C=O) groups excluding carboxylic acids is 2. The van der Waals surface area contributed by atoms with Crippen LogP contribution in [-0.2, 0) is 9.59 Å². The molecule has 0 heterocycles. The lowest BCUT2D eigenvalue weighted by Crippen LogP contribution is -2.63. The molecule has 0 spiro atoms. The van der Waals surface area contributed by atoms with E-state index in [0.29, 0.717) is 12.8 Å². The highest BCUT2D eigenvalue weighted by atomic mass is 16.3. The molecular weight excluding hydrogens is 356 g/mol. The largest absolute Gasteiger partial charge is 0.393 e. The van der Waals surface area contributed by atoms with Gasteiger partial charge in [0.15, 0.2) is 11.6 Å². The highest BCUT2D eigenvalue weighted by Gasteiger charge is 2.70. The van der Waals surface area contributed by atoms with E-state index in [1.807, 2.05) is 19.9 Å². The van der Waals surface area contributed by atoms with Crippen LogP contribution in [0.3, 0.4) is 0 Å². The fraction of sp³-hybridized carbons (Fsp3) is 0.826. The molecule has 0 aromatic heterocycles. The number of hydrogen-bond donors (Lipinski definition) is 3. The molecule has 5 nitrogen and oxygen atoms in total. The van der Waals surface area contributed by atoms with Crippen molar-refractivity contribution in [3.05, 3.63) is 11.6 Å². The minimum atomic E-state index is -1.60. The molecule has 5 heteroatoms. The van der Waals surface area contributed by atoms with Crippen molar-refractivity contribution in [3.63, 3.8) is 0 Å². The average molecular weight is 391 g/mol. The number of carbonyl (C=O) groups is 2. The van der Waals surface area contributed by atoms with Gasteiger partial charge in [0.05, 0.1) is 6.10 Å². The fourth-order valence-corrected chi connectivity index (χ4v) is 8.17. The zero-order chi connectivity index (χ0) is 20.6. The van der Waals surface area contributed by atoms with Gasteiger partial charge in [-0.25, -0.2) is 0 Å². The van der Waals surface area contributed by atoms with E-state index in [1.165, 1.54) is 5.57 Å². The maximum absolute atomic E-state index is 12.6. The maximum atomic E-state index is 12.6. The van der Waals surface area contributed by atoms with Crippen LogP contribution in [0.25, 0.3) is 0 Å². The van der Waals surface area contributed by atoms with Gasteiger partial charge in [-0.15, -0.1) is 0 Å². The van der Waals surface area contributed by atoms with Crippen LogP contribution in [0, 0.1) is 40.4 Å². The van der Waals surface area contributed by atoms with Gasteiger partial charge >= 0.3 is 0 Å². The third kappa shape index (κ3) is 2.30. The number of ketones is 2.